The number of anilines is 1. The molecule has 0 aliphatic heterocycles. The van der Waals surface area contributed by atoms with E-state index in [-0.39, 0.29) is 0 Å². The molecule has 13 heavy (non-hydrogen) atoms. The Balaban J connectivity index is 0.000000671. The molecule has 0 saturated heterocycles. The number of nitrogens with two attached hydrogens (primary N) is 1. The summed E-state index contributed by atoms with van der Waals surface area (Å²) in [6.07, 6.45) is 0. The maximum absolute atomic E-state index is 5.64. The third-order valence-corrected chi connectivity index (χ3v) is 2.20. The van der Waals surface area contributed by atoms with Crippen LogP contribution in [0.5, 0.6) is 5.75 Å². The number of rotatable bonds is 1. The summed E-state index contributed by atoms with van der Waals surface area (Å²) >= 11 is 3.33. The van der Waals surface area contributed by atoms with Crippen LogP contribution in [0.3, 0.4) is 0 Å². The van der Waals surface area contributed by atoms with Gasteiger partial charge >= 0.3 is 0 Å². The molecular formula is C10H16BrNO. The summed E-state index contributed by atoms with van der Waals surface area (Å²) in [5.41, 5.74) is 7.42. The summed E-state index contributed by atoms with van der Waals surface area (Å²) in [5.74, 6) is 0.825. The fourth-order valence-corrected chi connectivity index (χ4v) is 1.35. The van der Waals surface area contributed by atoms with Gasteiger partial charge in [-0.2, -0.15) is 0 Å². The zero-order chi connectivity index (χ0) is 10.4. The van der Waals surface area contributed by atoms with Crippen LogP contribution in [-0.2, 0) is 0 Å². The van der Waals surface area contributed by atoms with Crippen LogP contribution in [0.4, 0.5) is 5.69 Å². The maximum Gasteiger partial charge on any atom is 0.123 e. The largest absolute Gasteiger partial charge is 0.496 e. The van der Waals surface area contributed by atoms with E-state index in [4.69, 9.17) is 10.5 Å². The third kappa shape index (κ3) is 3.27. The van der Waals surface area contributed by atoms with E-state index in [9.17, 15) is 0 Å². The predicted molar refractivity (Wildman–Crippen MR) is 61.2 cm³/mol. The van der Waals surface area contributed by atoms with Crippen molar-refractivity contribution in [2.75, 3.05) is 12.8 Å². The first-order valence-corrected chi connectivity index (χ1v) is 5.04. The Bertz CT molecular complexity index is 274. The summed E-state index contributed by atoms with van der Waals surface area (Å²) in [5, 5.41) is 0. The van der Waals surface area contributed by atoms with Crippen molar-refractivity contribution in [3.8, 4) is 5.75 Å². The molecule has 0 aromatic heterocycles. The van der Waals surface area contributed by atoms with Gasteiger partial charge in [0.05, 0.1) is 7.11 Å². The number of benzene rings is 1. The van der Waals surface area contributed by atoms with Gasteiger partial charge in [-0.3, -0.25) is 0 Å². The predicted octanol–water partition coefficient (Wildman–Crippen LogP) is 3.37. The van der Waals surface area contributed by atoms with Crippen LogP contribution in [0.25, 0.3) is 0 Å². The number of hydrogen-bond donors (Lipinski definition) is 1. The molecule has 0 amide bonds. The topological polar surface area (TPSA) is 35.2 Å². The first-order valence-electron chi connectivity index (χ1n) is 4.24. The minimum atomic E-state index is 0.701. The van der Waals surface area contributed by atoms with Crippen LogP contribution in [0.2, 0.25) is 0 Å². The van der Waals surface area contributed by atoms with Crippen LogP contribution < -0.4 is 10.5 Å². The smallest absolute Gasteiger partial charge is 0.123 e. The average Bonchev–Trinajstić information content (AvgIpc) is 2.15. The van der Waals surface area contributed by atoms with Gasteiger partial charge in [-0.05, 0) is 34.5 Å². The molecule has 0 bridgehead atoms. The van der Waals surface area contributed by atoms with E-state index in [0.29, 0.717) is 5.69 Å². The van der Waals surface area contributed by atoms with Crippen molar-refractivity contribution in [3.63, 3.8) is 0 Å². The van der Waals surface area contributed by atoms with Crippen LogP contribution in [0, 0.1) is 6.92 Å². The summed E-state index contributed by atoms with van der Waals surface area (Å²) < 4.78 is 5.99. The standard InChI is InChI=1S/C8H10BrNO.C2H6/c1-5-3-6(9)7(10)4-8(5)11-2;1-2/h3-4H,10H2,1-2H3;1-2H3. The molecule has 2 N–H and O–H groups in total. The highest BCUT2D eigenvalue weighted by atomic mass is 79.9. The van der Waals surface area contributed by atoms with Gasteiger partial charge in [0, 0.05) is 16.2 Å². The minimum absolute atomic E-state index is 0.701. The van der Waals surface area contributed by atoms with E-state index < -0.39 is 0 Å². The highest BCUT2D eigenvalue weighted by Gasteiger charge is 2.01. The Kier molecular flexibility index (Phi) is 5.55. The van der Waals surface area contributed by atoms with E-state index in [1.807, 2.05) is 26.8 Å². The quantitative estimate of drug-likeness (QED) is 0.771. The first-order chi connectivity index (χ1) is 6.15. The summed E-state index contributed by atoms with van der Waals surface area (Å²) in [4.78, 5) is 0. The number of ether oxygens (including phenoxy) is 1. The van der Waals surface area contributed by atoms with Gasteiger partial charge in [-0.1, -0.05) is 13.8 Å². The lowest BCUT2D eigenvalue weighted by Gasteiger charge is -2.06. The van der Waals surface area contributed by atoms with Gasteiger partial charge in [0.1, 0.15) is 5.75 Å². The van der Waals surface area contributed by atoms with Crippen molar-refractivity contribution in [2.24, 2.45) is 0 Å². The number of halogens is 1. The van der Waals surface area contributed by atoms with Gasteiger partial charge in [0.2, 0.25) is 0 Å². The van der Waals surface area contributed by atoms with Gasteiger partial charge in [-0.25, -0.2) is 0 Å². The summed E-state index contributed by atoms with van der Waals surface area (Å²) in [6.45, 7) is 5.98. The zero-order valence-corrected chi connectivity index (χ0v) is 10.1. The van der Waals surface area contributed by atoms with Gasteiger partial charge in [0.25, 0.3) is 0 Å². The molecule has 0 atom stereocenters. The molecule has 3 heteroatoms. The van der Waals surface area contributed by atoms with Crippen molar-refractivity contribution in [1.82, 2.24) is 0 Å². The Hall–Kier alpha value is -0.700. The molecule has 1 aromatic carbocycles. The van der Waals surface area contributed by atoms with Crippen molar-refractivity contribution in [1.29, 1.82) is 0 Å². The van der Waals surface area contributed by atoms with Crippen LogP contribution in [0.15, 0.2) is 16.6 Å². The molecule has 0 heterocycles. The molecule has 0 spiro atoms. The average molecular weight is 246 g/mol. The monoisotopic (exact) mass is 245 g/mol. The fraction of sp³-hybridized carbons (Fsp3) is 0.400. The van der Waals surface area contributed by atoms with Crippen LogP contribution >= 0.6 is 15.9 Å². The van der Waals surface area contributed by atoms with Crippen molar-refractivity contribution in [2.45, 2.75) is 20.8 Å². The lowest BCUT2D eigenvalue weighted by Crippen LogP contribution is -1.91. The second-order valence-corrected chi connectivity index (χ2v) is 3.20. The number of nitrogen functional groups attached to an aromatic ring is 1. The first kappa shape index (κ1) is 12.3. The van der Waals surface area contributed by atoms with E-state index >= 15 is 0 Å². The molecule has 1 aromatic rings. The molecule has 0 aliphatic rings. The lowest BCUT2D eigenvalue weighted by atomic mass is 10.2. The van der Waals surface area contributed by atoms with E-state index in [1.54, 1.807) is 13.2 Å². The van der Waals surface area contributed by atoms with Crippen LogP contribution in [0.1, 0.15) is 19.4 Å². The Labute approximate surface area is 88.2 Å². The molecule has 0 aliphatic carbocycles. The van der Waals surface area contributed by atoms with Crippen LogP contribution in [-0.4, -0.2) is 7.11 Å². The molecule has 0 radical (unpaired) electrons. The Morgan fingerprint density at radius 1 is 1.31 bits per heavy atom. The fourth-order valence-electron chi connectivity index (χ4n) is 0.888. The molecular weight excluding hydrogens is 230 g/mol. The molecule has 0 fully saturated rings. The van der Waals surface area contributed by atoms with Crippen molar-refractivity contribution in [3.05, 3.63) is 22.2 Å². The van der Waals surface area contributed by atoms with Crippen molar-refractivity contribution >= 4 is 21.6 Å². The molecule has 1 rings (SSSR count). The molecule has 2 nitrogen and oxygen atoms in total. The Morgan fingerprint density at radius 2 is 1.85 bits per heavy atom. The third-order valence-electron chi connectivity index (χ3n) is 1.51. The van der Waals surface area contributed by atoms with E-state index in [2.05, 4.69) is 15.9 Å². The van der Waals surface area contributed by atoms with Crippen molar-refractivity contribution < 1.29 is 4.74 Å². The number of methoxy groups -OCH3 is 1. The Morgan fingerprint density at radius 3 is 2.31 bits per heavy atom. The second kappa shape index (κ2) is 5.86. The van der Waals surface area contributed by atoms with Gasteiger partial charge < -0.3 is 10.5 Å². The lowest BCUT2D eigenvalue weighted by molar-refractivity contribution is 0.412. The number of hydrogen-bond acceptors (Lipinski definition) is 2. The maximum atomic E-state index is 5.64. The summed E-state index contributed by atoms with van der Waals surface area (Å²) in [7, 11) is 1.63. The molecule has 74 valence electrons. The van der Waals surface area contributed by atoms with E-state index in [1.165, 1.54) is 0 Å². The normalized spacial score (nSPS) is 8.69. The highest BCUT2D eigenvalue weighted by molar-refractivity contribution is 9.10. The second-order valence-electron chi connectivity index (χ2n) is 2.34. The van der Waals surface area contributed by atoms with E-state index in [0.717, 1.165) is 15.8 Å². The van der Waals surface area contributed by atoms with Gasteiger partial charge in [0.15, 0.2) is 0 Å². The molecule has 0 saturated carbocycles. The SMILES string of the molecule is CC.COc1cc(N)c(Br)cc1C. The molecule has 0 unspecified atom stereocenters. The highest BCUT2D eigenvalue weighted by Crippen LogP contribution is 2.27. The minimum Gasteiger partial charge on any atom is -0.496 e. The number of aryl methyl sites for hydroxylation is 1. The van der Waals surface area contributed by atoms with Gasteiger partial charge in [-0.15, -0.1) is 0 Å². The summed E-state index contributed by atoms with van der Waals surface area (Å²) in [6, 6.07) is 3.74. The zero-order valence-electron chi connectivity index (χ0n) is 8.52.